The highest BCUT2D eigenvalue weighted by atomic mass is 35.6. The van der Waals surface area contributed by atoms with Crippen LogP contribution >= 0.6 is 34.8 Å². The van der Waals surface area contributed by atoms with Crippen LogP contribution in [0.2, 0.25) is 5.54 Å². The first-order chi connectivity index (χ1) is 2.94. The van der Waals surface area contributed by atoms with Crippen molar-refractivity contribution in [1.82, 2.24) is 0 Å². The Bertz CT molecular complexity index is 55.7. The lowest BCUT2D eigenvalue weighted by molar-refractivity contribution is 0.966. The van der Waals surface area contributed by atoms with Gasteiger partial charge in [0.05, 0.1) is 0 Å². The fraction of sp³-hybridized carbons (Fsp3) is 1.00. The average Bonchev–Trinajstić information content (AvgIpc) is 1.31. The molecule has 0 amide bonds. The first-order valence-corrected chi connectivity index (χ1v) is 4.30. The van der Waals surface area contributed by atoms with E-state index in [0.717, 1.165) is 10.2 Å². The molecular formula is C3H7Cl3Si. The highest BCUT2D eigenvalue weighted by molar-refractivity contribution is 6.69. The smallest absolute Gasteiger partial charge is 0.0838 e. The van der Waals surface area contributed by atoms with E-state index >= 15 is 0 Å². The number of rotatable bonds is 0. The highest BCUT2D eigenvalue weighted by Crippen LogP contribution is 2.36. The summed E-state index contributed by atoms with van der Waals surface area (Å²) in [6.45, 7) is 1.92. The van der Waals surface area contributed by atoms with Gasteiger partial charge in [-0.25, -0.2) is 0 Å². The Morgan fingerprint density at radius 3 is 1.57 bits per heavy atom. The molecule has 0 aliphatic rings. The summed E-state index contributed by atoms with van der Waals surface area (Å²) in [6.07, 6.45) is 0. The Hall–Kier alpha value is 1.09. The molecule has 0 saturated heterocycles. The minimum Gasteiger partial charge on any atom is -0.0838 e. The third-order valence-corrected chi connectivity index (χ3v) is 3.93. The molecule has 0 rings (SSSR count). The zero-order chi connectivity index (χ0) is 6.08. The zero-order valence-electron chi connectivity index (χ0n) is 4.21. The maximum atomic E-state index is 5.43. The van der Waals surface area contributed by atoms with Crippen molar-refractivity contribution in [3.8, 4) is 0 Å². The molecule has 0 spiro atoms. The van der Waals surface area contributed by atoms with Crippen LogP contribution in [0.1, 0.15) is 6.92 Å². The van der Waals surface area contributed by atoms with Crippen LogP contribution in [0, 0.1) is 0 Å². The lowest BCUT2D eigenvalue weighted by Crippen LogP contribution is -2.08. The van der Waals surface area contributed by atoms with Crippen LogP contribution in [0.5, 0.6) is 0 Å². The van der Waals surface area contributed by atoms with Crippen molar-refractivity contribution in [3.05, 3.63) is 0 Å². The number of hydrogen-bond acceptors (Lipinski definition) is 0. The van der Waals surface area contributed by atoms with E-state index in [-0.39, 0.29) is 5.54 Å². The van der Waals surface area contributed by atoms with E-state index in [1.807, 2.05) is 6.92 Å². The van der Waals surface area contributed by atoms with Crippen LogP contribution in [0.25, 0.3) is 0 Å². The van der Waals surface area contributed by atoms with Crippen molar-refractivity contribution in [2.75, 3.05) is 0 Å². The lowest BCUT2D eigenvalue weighted by atomic mass is 10.5. The largest absolute Gasteiger partial charge is 0.189 e. The van der Waals surface area contributed by atoms with E-state index in [2.05, 4.69) is 0 Å². The first-order valence-electron chi connectivity index (χ1n) is 2.01. The SMILES string of the molecule is C[C@@H]([SiH3])C(Cl)(Cl)Cl. The van der Waals surface area contributed by atoms with Crippen molar-refractivity contribution in [1.29, 1.82) is 0 Å². The van der Waals surface area contributed by atoms with Crippen molar-refractivity contribution in [3.63, 3.8) is 0 Å². The lowest BCUT2D eigenvalue weighted by Gasteiger charge is -2.13. The molecule has 0 fully saturated rings. The third kappa shape index (κ3) is 3.65. The topological polar surface area (TPSA) is 0 Å². The Kier molecular flexibility index (Phi) is 2.98. The van der Waals surface area contributed by atoms with E-state index in [1.165, 1.54) is 0 Å². The summed E-state index contributed by atoms with van der Waals surface area (Å²) in [5.74, 6) is 0. The molecule has 1 atom stereocenters. The van der Waals surface area contributed by atoms with Crippen molar-refractivity contribution >= 4 is 45.0 Å². The van der Waals surface area contributed by atoms with Crippen molar-refractivity contribution in [2.45, 2.75) is 16.3 Å². The van der Waals surface area contributed by atoms with Gasteiger partial charge in [0.25, 0.3) is 0 Å². The van der Waals surface area contributed by atoms with Gasteiger partial charge in [0, 0.05) is 10.2 Å². The Labute approximate surface area is 61.5 Å². The van der Waals surface area contributed by atoms with Crippen LogP contribution < -0.4 is 0 Å². The summed E-state index contributed by atoms with van der Waals surface area (Å²) in [5, 5.41) is 0. The van der Waals surface area contributed by atoms with Crippen molar-refractivity contribution < 1.29 is 0 Å². The molecule has 4 heteroatoms. The zero-order valence-corrected chi connectivity index (χ0v) is 8.48. The van der Waals surface area contributed by atoms with Gasteiger partial charge in [0.1, 0.15) is 0 Å². The van der Waals surface area contributed by atoms with Crippen LogP contribution in [-0.2, 0) is 0 Å². The van der Waals surface area contributed by atoms with Gasteiger partial charge in [0.2, 0.25) is 0 Å². The van der Waals surface area contributed by atoms with Gasteiger partial charge in [-0.2, -0.15) is 0 Å². The van der Waals surface area contributed by atoms with Gasteiger partial charge in [-0.3, -0.25) is 0 Å². The molecule has 0 saturated carbocycles. The fourth-order valence-corrected chi connectivity index (χ4v) is 0. The maximum Gasteiger partial charge on any atom is 0.189 e. The maximum absolute atomic E-state index is 5.43. The minimum absolute atomic E-state index is 0.234. The van der Waals surface area contributed by atoms with Gasteiger partial charge in [0.15, 0.2) is 3.79 Å². The quantitative estimate of drug-likeness (QED) is 0.389. The molecule has 0 nitrogen and oxygen atoms in total. The Balaban J connectivity index is 3.54. The van der Waals surface area contributed by atoms with Crippen LogP contribution in [0.4, 0.5) is 0 Å². The molecule has 0 heterocycles. The van der Waals surface area contributed by atoms with Gasteiger partial charge in [-0.05, 0) is 5.54 Å². The van der Waals surface area contributed by atoms with E-state index in [9.17, 15) is 0 Å². The summed E-state index contributed by atoms with van der Waals surface area (Å²) in [5.41, 5.74) is 0.234. The van der Waals surface area contributed by atoms with Crippen LogP contribution in [0.3, 0.4) is 0 Å². The van der Waals surface area contributed by atoms with E-state index in [0.29, 0.717) is 0 Å². The van der Waals surface area contributed by atoms with E-state index in [4.69, 9.17) is 34.8 Å². The van der Waals surface area contributed by atoms with Crippen molar-refractivity contribution in [2.24, 2.45) is 0 Å². The predicted molar refractivity (Wildman–Crippen MR) is 39.7 cm³/mol. The Morgan fingerprint density at radius 1 is 1.43 bits per heavy atom. The van der Waals surface area contributed by atoms with Gasteiger partial charge in [-0.1, -0.05) is 41.7 Å². The standard InChI is InChI=1S/C3H7Cl3Si/c1-2(7)3(4,5)6/h2H,1,7H3/t2-/m1/s1. The second-order valence-corrected chi connectivity index (χ2v) is 5.80. The second kappa shape index (κ2) is 2.58. The molecule has 0 bridgehead atoms. The molecule has 0 aliphatic heterocycles. The molecule has 0 aliphatic carbocycles. The van der Waals surface area contributed by atoms with Gasteiger partial charge >= 0.3 is 0 Å². The molecule has 0 aromatic carbocycles. The summed E-state index contributed by atoms with van der Waals surface area (Å²) < 4.78 is -1.02. The Morgan fingerprint density at radius 2 is 1.57 bits per heavy atom. The molecular weight excluding hydrogens is 170 g/mol. The van der Waals surface area contributed by atoms with Gasteiger partial charge < -0.3 is 0 Å². The molecule has 0 aromatic heterocycles. The molecule has 0 aromatic rings. The number of hydrogen-bond donors (Lipinski definition) is 0. The minimum atomic E-state index is -1.02. The van der Waals surface area contributed by atoms with Crippen LogP contribution in [0.15, 0.2) is 0 Å². The molecule has 44 valence electrons. The van der Waals surface area contributed by atoms with E-state index in [1.54, 1.807) is 0 Å². The summed E-state index contributed by atoms with van der Waals surface area (Å²) >= 11 is 16.3. The summed E-state index contributed by atoms with van der Waals surface area (Å²) in [7, 11) is 0.932. The molecule has 7 heavy (non-hydrogen) atoms. The van der Waals surface area contributed by atoms with E-state index < -0.39 is 3.79 Å². The summed E-state index contributed by atoms with van der Waals surface area (Å²) in [6, 6.07) is 0. The third-order valence-electron chi connectivity index (χ3n) is 0.655. The average molecular weight is 178 g/mol. The predicted octanol–water partition coefficient (Wildman–Crippen LogP) is 1.53. The van der Waals surface area contributed by atoms with Gasteiger partial charge in [-0.15, -0.1) is 0 Å². The first kappa shape index (κ1) is 8.09. The number of halogens is 3. The number of alkyl halides is 3. The monoisotopic (exact) mass is 176 g/mol. The normalized spacial score (nSPS) is 17.1. The molecule has 0 unspecified atom stereocenters. The molecule has 0 radical (unpaired) electrons. The van der Waals surface area contributed by atoms with Crippen LogP contribution in [-0.4, -0.2) is 14.0 Å². The second-order valence-electron chi connectivity index (χ2n) is 1.70. The fourth-order valence-electron chi connectivity index (χ4n) is 0. The highest BCUT2D eigenvalue weighted by Gasteiger charge is 2.23. The molecule has 0 N–H and O–H groups in total. The summed E-state index contributed by atoms with van der Waals surface area (Å²) in [4.78, 5) is 0.